The summed E-state index contributed by atoms with van der Waals surface area (Å²) in [5.74, 6) is 0.187. The minimum absolute atomic E-state index is 0.187. The van der Waals surface area contributed by atoms with Crippen LogP contribution < -0.4 is 5.73 Å². The van der Waals surface area contributed by atoms with E-state index in [1.165, 1.54) is 17.9 Å². The van der Waals surface area contributed by atoms with E-state index >= 15 is 0 Å². The van der Waals surface area contributed by atoms with Gasteiger partial charge in [-0.05, 0) is 29.3 Å². The Labute approximate surface area is 98.8 Å². The number of hydrogen-bond donors (Lipinski definition) is 1. The molecule has 1 aromatic heterocycles. The SMILES string of the molecule is NCc1ccccc1.O=C(Cl)c1ccco1. The van der Waals surface area contributed by atoms with Gasteiger partial charge in [-0.2, -0.15) is 0 Å². The van der Waals surface area contributed by atoms with Crippen LogP contribution in [0.3, 0.4) is 0 Å². The molecule has 3 nitrogen and oxygen atoms in total. The van der Waals surface area contributed by atoms with E-state index < -0.39 is 5.24 Å². The molecular weight excluding hydrogens is 226 g/mol. The van der Waals surface area contributed by atoms with Crippen molar-refractivity contribution >= 4 is 16.8 Å². The maximum Gasteiger partial charge on any atom is 0.287 e. The lowest BCUT2D eigenvalue weighted by molar-refractivity contribution is 0.105. The minimum atomic E-state index is -0.560. The van der Waals surface area contributed by atoms with Crippen molar-refractivity contribution in [3.63, 3.8) is 0 Å². The molecule has 0 atom stereocenters. The van der Waals surface area contributed by atoms with E-state index in [9.17, 15) is 4.79 Å². The number of carbonyl (C=O) groups is 1. The summed E-state index contributed by atoms with van der Waals surface area (Å²) in [4.78, 5) is 10.2. The second kappa shape index (κ2) is 6.82. The van der Waals surface area contributed by atoms with Gasteiger partial charge in [0.05, 0.1) is 6.26 Å². The second-order valence-corrected chi connectivity index (χ2v) is 3.28. The maximum absolute atomic E-state index is 10.2. The number of nitrogens with two attached hydrogens (primary N) is 1. The van der Waals surface area contributed by atoms with E-state index in [1.54, 1.807) is 6.07 Å². The van der Waals surface area contributed by atoms with Crippen LogP contribution in [0.4, 0.5) is 0 Å². The van der Waals surface area contributed by atoms with Crippen molar-refractivity contribution in [3.8, 4) is 0 Å². The fourth-order valence-corrected chi connectivity index (χ4v) is 1.11. The molecule has 0 amide bonds. The first-order chi connectivity index (χ1) is 7.74. The van der Waals surface area contributed by atoms with Crippen LogP contribution in [0, 0.1) is 0 Å². The molecule has 0 unspecified atom stereocenters. The highest BCUT2D eigenvalue weighted by atomic mass is 35.5. The average Bonchev–Trinajstić information content (AvgIpc) is 2.85. The van der Waals surface area contributed by atoms with Gasteiger partial charge in [0.15, 0.2) is 5.76 Å². The Balaban J connectivity index is 0.000000160. The van der Waals surface area contributed by atoms with Crippen molar-refractivity contribution in [2.24, 2.45) is 5.73 Å². The zero-order valence-corrected chi connectivity index (χ0v) is 9.35. The van der Waals surface area contributed by atoms with Crippen molar-refractivity contribution in [2.45, 2.75) is 6.54 Å². The summed E-state index contributed by atoms with van der Waals surface area (Å²) in [5, 5.41) is -0.560. The molecule has 0 aliphatic heterocycles. The van der Waals surface area contributed by atoms with Gasteiger partial charge in [-0.15, -0.1) is 0 Å². The number of carbonyl (C=O) groups excluding carboxylic acids is 1. The van der Waals surface area contributed by atoms with Crippen molar-refractivity contribution in [3.05, 3.63) is 60.1 Å². The van der Waals surface area contributed by atoms with Gasteiger partial charge in [-0.1, -0.05) is 30.3 Å². The van der Waals surface area contributed by atoms with Crippen LogP contribution in [0.1, 0.15) is 16.1 Å². The van der Waals surface area contributed by atoms with Gasteiger partial charge in [-0.25, -0.2) is 0 Å². The van der Waals surface area contributed by atoms with Crippen LogP contribution in [0.25, 0.3) is 0 Å². The van der Waals surface area contributed by atoms with E-state index in [2.05, 4.69) is 4.42 Å². The van der Waals surface area contributed by atoms with E-state index in [-0.39, 0.29) is 5.76 Å². The Morgan fingerprint density at radius 1 is 1.19 bits per heavy atom. The highest BCUT2D eigenvalue weighted by Crippen LogP contribution is 2.02. The number of benzene rings is 1. The molecule has 0 aliphatic rings. The molecule has 2 rings (SSSR count). The summed E-state index contributed by atoms with van der Waals surface area (Å²) in [6.07, 6.45) is 1.40. The lowest BCUT2D eigenvalue weighted by Crippen LogP contribution is -1.94. The molecule has 16 heavy (non-hydrogen) atoms. The van der Waals surface area contributed by atoms with Gasteiger partial charge in [-0.3, -0.25) is 4.79 Å². The predicted octanol–water partition coefficient (Wildman–Crippen LogP) is 2.80. The summed E-state index contributed by atoms with van der Waals surface area (Å²) in [5.41, 5.74) is 6.54. The standard InChI is InChI=1S/C7H9N.C5H3ClO2/c8-6-7-4-2-1-3-5-7;6-5(7)4-2-1-3-8-4/h1-5H,6,8H2;1-3H. The fraction of sp³-hybridized carbons (Fsp3) is 0.0833. The van der Waals surface area contributed by atoms with Crippen molar-refractivity contribution in [2.75, 3.05) is 0 Å². The summed E-state index contributed by atoms with van der Waals surface area (Å²) in [6, 6.07) is 13.1. The quantitative estimate of drug-likeness (QED) is 0.818. The molecule has 1 heterocycles. The molecule has 2 aromatic rings. The first-order valence-electron chi connectivity index (χ1n) is 4.71. The highest BCUT2D eigenvalue weighted by Gasteiger charge is 2.00. The van der Waals surface area contributed by atoms with Crippen molar-refractivity contribution in [1.82, 2.24) is 0 Å². The number of halogens is 1. The van der Waals surface area contributed by atoms with Crippen molar-refractivity contribution < 1.29 is 9.21 Å². The molecule has 0 saturated carbocycles. The summed E-state index contributed by atoms with van der Waals surface area (Å²) in [6.45, 7) is 0.640. The number of hydrogen-bond acceptors (Lipinski definition) is 3. The predicted molar refractivity (Wildman–Crippen MR) is 63.2 cm³/mol. The van der Waals surface area contributed by atoms with E-state index in [1.807, 2.05) is 30.3 Å². The summed E-state index contributed by atoms with van der Waals surface area (Å²) in [7, 11) is 0. The fourth-order valence-electron chi connectivity index (χ4n) is 1.00. The Bertz CT molecular complexity index is 412. The zero-order valence-electron chi connectivity index (χ0n) is 8.60. The van der Waals surface area contributed by atoms with E-state index in [0.29, 0.717) is 6.54 Å². The highest BCUT2D eigenvalue weighted by molar-refractivity contribution is 6.67. The normalized spacial score (nSPS) is 9.12. The Morgan fingerprint density at radius 3 is 2.19 bits per heavy atom. The lowest BCUT2D eigenvalue weighted by Gasteiger charge is -1.90. The third kappa shape index (κ3) is 4.29. The molecular formula is C12H12ClNO2. The van der Waals surface area contributed by atoms with Crippen LogP contribution in [-0.2, 0) is 6.54 Å². The largest absolute Gasteiger partial charge is 0.460 e. The molecule has 2 N–H and O–H groups in total. The molecule has 0 spiro atoms. The van der Waals surface area contributed by atoms with Gasteiger partial charge >= 0.3 is 0 Å². The lowest BCUT2D eigenvalue weighted by atomic mass is 10.2. The third-order valence-electron chi connectivity index (χ3n) is 1.79. The first kappa shape index (κ1) is 12.5. The van der Waals surface area contributed by atoms with E-state index in [4.69, 9.17) is 17.3 Å². The van der Waals surface area contributed by atoms with Gasteiger partial charge < -0.3 is 10.2 Å². The Morgan fingerprint density at radius 2 is 1.88 bits per heavy atom. The molecule has 0 radical (unpaired) electrons. The minimum Gasteiger partial charge on any atom is -0.460 e. The summed E-state index contributed by atoms with van der Waals surface area (Å²) >= 11 is 5.01. The molecule has 0 bridgehead atoms. The van der Waals surface area contributed by atoms with Crippen LogP contribution in [0.5, 0.6) is 0 Å². The zero-order chi connectivity index (χ0) is 11.8. The van der Waals surface area contributed by atoms with Gasteiger partial charge in [0.1, 0.15) is 0 Å². The summed E-state index contributed by atoms with van der Waals surface area (Å²) < 4.78 is 4.61. The van der Waals surface area contributed by atoms with Crippen LogP contribution >= 0.6 is 11.6 Å². The van der Waals surface area contributed by atoms with Gasteiger partial charge in [0.2, 0.25) is 0 Å². The third-order valence-corrected chi connectivity index (χ3v) is 1.98. The van der Waals surface area contributed by atoms with E-state index in [0.717, 1.165) is 0 Å². The molecule has 4 heteroatoms. The molecule has 0 fully saturated rings. The molecule has 0 saturated heterocycles. The van der Waals surface area contributed by atoms with Crippen LogP contribution in [-0.4, -0.2) is 5.24 Å². The van der Waals surface area contributed by atoms with Crippen LogP contribution in [0.2, 0.25) is 0 Å². The molecule has 84 valence electrons. The maximum atomic E-state index is 10.2. The monoisotopic (exact) mass is 237 g/mol. The Hall–Kier alpha value is -1.58. The molecule has 1 aromatic carbocycles. The smallest absolute Gasteiger partial charge is 0.287 e. The van der Waals surface area contributed by atoms with Crippen molar-refractivity contribution in [1.29, 1.82) is 0 Å². The average molecular weight is 238 g/mol. The Kier molecular flexibility index (Phi) is 5.32. The topological polar surface area (TPSA) is 56.2 Å². The van der Waals surface area contributed by atoms with Crippen LogP contribution in [0.15, 0.2) is 53.1 Å². The number of rotatable bonds is 2. The van der Waals surface area contributed by atoms with Gasteiger partial charge in [0, 0.05) is 6.54 Å². The second-order valence-electron chi connectivity index (χ2n) is 2.94. The van der Waals surface area contributed by atoms with Gasteiger partial charge in [0.25, 0.3) is 5.24 Å². The number of furan rings is 1. The molecule has 0 aliphatic carbocycles. The first-order valence-corrected chi connectivity index (χ1v) is 5.09.